The quantitative estimate of drug-likeness (QED) is 0.670. The third-order valence-corrected chi connectivity index (χ3v) is 4.36. The van der Waals surface area contributed by atoms with Crippen LogP contribution in [-0.4, -0.2) is 33.8 Å². The van der Waals surface area contributed by atoms with Crippen LogP contribution in [0.1, 0.15) is 57.9 Å². The van der Waals surface area contributed by atoms with E-state index in [4.69, 9.17) is 5.73 Å². The van der Waals surface area contributed by atoms with Crippen molar-refractivity contribution in [2.45, 2.75) is 64.5 Å². The van der Waals surface area contributed by atoms with E-state index in [1.165, 1.54) is 44.1 Å². The minimum absolute atomic E-state index is 0.0854. The Hall–Kier alpha value is -0.870. The lowest BCUT2D eigenvalue weighted by Gasteiger charge is -2.38. The average molecular weight is 280 g/mol. The summed E-state index contributed by atoms with van der Waals surface area (Å²) in [5.74, 6) is 0. The standard InChI is InChI=1S/C16H32N4/c1-5-6-7-8-9-10-16(2,14-17)19(3)12-15-11-18-20(4)13-15/h11,13H,5-10,12,14,17H2,1-4H3. The molecule has 2 N–H and O–H groups in total. The van der Waals surface area contributed by atoms with Crippen molar-refractivity contribution in [1.29, 1.82) is 0 Å². The summed E-state index contributed by atoms with van der Waals surface area (Å²) in [4.78, 5) is 2.38. The second kappa shape index (κ2) is 8.42. The van der Waals surface area contributed by atoms with Gasteiger partial charge >= 0.3 is 0 Å². The summed E-state index contributed by atoms with van der Waals surface area (Å²) in [5.41, 5.74) is 7.38. The largest absolute Gasteiger partial charge is 0.329 e. The lowest BCUT2D eigenvalue weighted by atomic mass is 9.92. The molecule has 4 nitrogen and oxygen atoms in total. The van der Waals surface area contributed by atoms with Crippen molar-refractivity contribution in [1.82, 2.24) is 14.7 Å². The summed E-state index contributed by atoms with van der Waals surface area (Å²) in [5, 5.41) is 4.23. The molecule has 1 aromatic heterocycles. The fourth-order valence-corrected chi connectivity index (χ4v) is 2.58. The van der Waals surface area contributed by atoms with Gasteiger partial charge in [-0.2, -0.15) is 5.10 Å². The zero-order chi connectivity index (χ0) is 15.0. The van der Waals surface area contributed by atoms with Gasteiger partial charge in [0.15, 0.2) is 0 Å². The molecular formula is C16H32N4. The van der Waals surface area contributed by atoms with Crippen molar-refractivity contribution in [3.8, 4) is 0 Å². The molecule has 0 spiro atoms. The number of unbranched alkanes of at least 4 members (excludes halogenated alkanes) is 4. The molecular weight excluding hydrogens is 248 g/mol. The number of likely N-dealkylation sites (N-methyl/N-ethyl adjacent to an activating group) is 1. The molecule has 0 aliphatic heterocycles. The molecule has 0 bridgehead atoms. The lowest BCUT2D eigenvalue weighted by Crippen LogP contribution is -2.49. The first kappa shape index (κ1) is 17.2. The Morgan fingerprint density at radius 2 is 2.00 bits per heavy atom. The van der Waals surface area contributed by atoms with E-state index in [1.54, 1.807) is 0 Å². The molecule has 0 saturated heterocycles. The van der Waals surface area contributed by atoms with Gasteiger partial charge in [0.1, 0.15) is 0 Å². The van der Waals surface area contributed by atoms with Crippen LogP contribution in [0.4, 0.5) is 0 Å². The smallest absolute Gasteiger partial charge is 0.0534 e. The molecule has 1 aromatic rings. The number of hydrogen-bond donors (Lipinski definition) is 1. The number of nitrogens with two attached hydrogens (primary N) is 1. The molecule has 1 rings (SSSR count). The van der Waals surface area contributed by atoms with E-state index in [-0.39, 0.29) is 5.54 Å². The van der Waals surface area contributed by atoms with Crippen LogP contribution >= 0.6 is 0 Å². The summed E-state index contributed by atoms with van der Waals surface area (Å²) < 4.78 is 1.85. The van der Waals surface area contributed by atoms with Gasteiger partial charge in [-0.1, -0.05) is 39.0 Å². The van der Waals surface area contributed by atoms with Gasteiger partial charge in [-0.3, -0.25) is 9.58 Å². The molecule has 20 heavy (non-hydrogen) atoms. The van der Waals surface area contributed by atoms with E-state index in [1.807, 2.05) is 17.9 Å². The highest BCUT2D eigenvalue weighted by molar-refractivity contribution is 5.04. The van der Waals surface area contributed by atoms with Gasteiger partial charge in [-0.25, -0.2) is 0 Å². The van der Waals surface area contributed by atoms with Crippen LogP contribution in [0.5, 0.6) is 0 Å². The van der Waals surface area contributed by atoms with Crippen LogP contribution in [0.15, 0.2) is 12.4 Å². The summed E-state index contributed by atoms with van der Waals surface area (Å²) in [6.07, 6.45) is 11.8. The average Bonchev–Trinajstić information content (AvgIpc) is 2.83. The first-order valence-corrected chi connectivity index (χ1v) is 7.90. The first-order chi connectivity index (χ1) is 9.51. The third-order valence-electron chi connectivity index (χ3n) is 4.36. The third kappa shape index (κ3) is 5.25. The van der Waals surface area contributed by atoms with Crippen molar-refractivity contribution in [2.24, 2.45) is 12.8 Å². The molecule has 4 heteroatoms. The number of aromatic nitrogens is 2. The predicted octanol–water partition coefficient (Wildman–Crippen LogP) is 2.93. The molecule has 0 aliphatic carbocycles. The Labute approximate surface area is 124 Å². The van der Waals surface area contributed by atoms with Crippen LogP contribution in [0, 0.1) is 0 Å². The normalized spacial score (nSPS) is 14.7. The second-order valence-electron chi connectivity index (χ2n) is 6.24. The molecule has 116 valence electrons. The molecule has 0 saturated carbocycles. The van der Waals surface area contributed by atoms with Crippen molar-refractivity contribution < 1.29 is 0 Å². The van der Waals surface area contributed by atoms with E-state index >= 15 is 0 Å². The minimum atomic E-state index is 0.0854. The molecule has 1 heterocycles. The Bertz CT molecular complexity index is 374. The van der Waals surface area contributed by atoms with Crippen LogP contribution < -0.4 is 5.73 Å². The first-order valence-electron chi connectivity index (χ1n) is 7.90. The molecule has 1 unspecified atom stereocenters. The number of nitrogens with zero attached hydrogens (tertiary/aromatic N) is 3. The van der Waals surface area contributed by atoms with E-state index in [0.29, 0.717) is 6.54 Å². The summed E-state index contributed by atoms with van der Waals surface area (Å²) in [6.45, 7) is 6.16. The van der Waals surface area contributed by atoms with Gasteiger partial charge in [0, 0.05) is 37.4 Å². The Balaban J connectivity index is 2.44. The van der Waals surface area contributed by atoms with E-state index in [9.17, 15) is 0 Å². The topological polar surface area (TPSA) is 47.1 Å². The zero-order valence-electron chi connectivity index (χ0n) is 13.7. The molecule has 0 amide bonds. The highest BCUT2D eigenvalue weighted by atomic mass is 15.2. The van der Waals surface area contributed by atoms with Crippen molar-refractivity contribution in [3.63, 3.8) is 0 Å². The van der Waals surface area contributed by atoms with Gasteiger partial charge in [0.25, 0.3) is 0 Å². The highest BCUT2D eigenvalue weighted by Crippen LogP contribution is 2.22. The monoisotopic (exact) mass is 280 g/mol. The molecule has 0 fully saturated rings. The summed E-state index contributed by atoms with van der Waals surface area (Å²) in [7, 11) is 4.13. The van der Waals surface area contributed by atoms with E-state index in [2.05, 4.69) is 37.1 Å². The lowest BCUT2D eigenvalue weighted by molar-refractivity contribution is 0.122. The Morgan fingerprint density at radius 3 is 2.55 bits per heavy atom. The van der Waals surface area contributed by atoms with Crippen molar-refractivity contribution in [3.05, 3.63) is 18.0 Å². The van der Waals surface area contributed by atoms with Gasteiger partial charge in [0.2, 0.25) is 0 Å². The fourth-order valence-electron chi connectivity index (χ4n) is 2.58. The number of aryl methyl sites for hydroxylation is 1. The van der Waals surface area contributed by atoms with Crippen LogP contribution in [-0.2, 0) is 13.6 Å². The zero-order valence-corrected chi connectivity index (χ0v) is 13.7. The minimum Gasteiger partial charge on any atom is -0.329 e. The van der Waals surface area contributed by atoms with Crippen molar-refractivity contribution >= 4 is 0 Å². The maximum Gasteiger partial charge on any atom is 0.0534 e. The molecule has 0 aromatic carbocycles. The summed E-state index contributed by atoms with van der Waals surface area (Å²) >= 11 is 0. The van der Waals surface area contributed by atoms with Crippen molar-refractivity contribution in [2.75, 3.05) is 13.6 Å². The molecule has 1 atom stereocenters. The van der Waals surface area contributed by atoms with Crippen LogP contribution in [0.2, 0.25) is 0 Å². The predicted molar refractivity (Wildman–Crippen MR) is 85.5 cm³/mol. The van der Waals surface area contributed by atoms with Crippen LogP contribution in [0.25, 0.3) is 0 Å². The van der Waals surface area contributed by atoms with Crippen LogP contribution in [0.3, 0.4) is 0 Å². The number of hydrogen-bond acceptors (Lipinski definition) is 3. The Morgan fingerprint density at radius 1 is 1.30 bits per heavy atom. The highest BCUT2D eigenvalue weighted by Gasteiger charge is 2.27. The maximum absolute atomic E-state index is 6.05. The Kier molecular flexibility index (Phi) is 7.24. The van der Waals surface area contributed by atoms with Gasteiger partial charge in [-0.15, -0.1) is 0 Å². The summed E-state index contributed by atoms with van der Waals surface area (Å²) in [6, 6.07) is 0. The second-order valence-corrected chi connectivity index (χ2v) is 6.24. The number of rotatable bonds is 10. The SMILES string of the molecule is CCCCCCCC(C)(CN)N(C)Cc1cnn(C)c1. The van der Waals surface area contributed by atoms with Gasteiger partial charge < -0.3 is 5.73 Å². The fraction of sp³-hybridized carbons (Fsp3) is 0.812. The van der Waals surface area contributed by atoms with E-state index < -0.39 is 0 Å². The molecule has 0 radical (unpaired) electrons. The van der Waals surface area contributed by atoms with E-state index in [0.717, 1.165) is 6.54 Å². The van der Waals surface area contributed by atoms with Gasteiger partial charge in [0.05, 0.1) is 6.20 Å². The van der Waals surface area contributed by atoms with Gasteiger partial charge in [-0.05, 0) is 20.4 Å². The molecule has 0 aliphatic rings. The maximum atomic E-state index is 6.05.